The van der Waals surface area contributed by atoms with Crippen LogP contribution in [0.2, 0.25) is 0 Å². The molecule has 0 aliphatic heterocycles. The highest BCUT2D eigenvalue weighted by atomic mass is 16.4. The SMILES string of the molecule is CC(C(=O)C(=O)O)c1cc(N(C)C)co1. The number of carboxylic acids is 1. The van der Waals surface area contributed by atoms with Gasteiger partial charge < -0.3 is 14.4 Å². The van der Waals surface area contributed by atoms with E-state index in [2.05, 4.69) is 0 Å². The second-order valence-electron chi connectivity index (χ2n) is 3.49. The van der Waals surface area contributed by atoms with Crippen LogP contribution in [-0.2, 0) is 9.59 Å². The van der Waals surface area contributed by atoms with Gasteiger partial charge in [-0.1, -0.05) is 0 Å². The second kappa shape index (κ2) is 4.16. The smallest absolute Gasteiger partial charge is 0.372 e. The summed E-state index contributed by atoms with van der Waals surface area (Å²) in [4.78, 5) is 23.4. The molecule has 0 radical (unpaired) electrons. The molecule has 0 fully saturated rings. The Bertz CT molecular complexity index is 381. The summed E-state index contributed by atoms with van der Waals surface area (Å²) in [6, 6.07) is 1.66. The van der Waals surface area contributed by atoms with Gasteiger partial charge in [0.15, 0.2) is 0 Å². The van der Waals surface area contributed by atoms with E-state index >= 15 is 0 Å². The maximum absolute atomic E-state index is 11.1. The van der Waals surface area contributed by atoms with Crippen molar-refractivity contribution in [1.29, 1.82) is 0 Å². The first-order chi connectivity index (χ1) is 6.93. The molecule has 5 heteroatoms. The number of nitrogens with zero attached hydrogens (tertiary/aromatic N) is 1. The Morgan fingerprint density at radius 2 is 2.07 bits per heavy atom. The minimum Gasteiger partial charge on any atom is -0.475 e. The first kappa shape index (κ1) is 11.3. The van der Waals surface area contributed by atoms with Gasteiger partial charge in [0, 0.05) is 20.2 Å². The highest BCUT2D eigenvalue weighted by Crippen LogP contribution is 2.23. The van der Waals surface area contributed by atoms with E-state index in [0.29, 0.717) is 5.76 Å². The van der Waals surface area contributed by atoms with Crippen LogP contribution in [-0.4, -0.2) is 31.0 Å². The van der Waals surface area contributed by atoms with Crippen molar-refractivity contribution in [3.63, 3.8) is 0 Å². The van der Waals surface area contributed by atoms with Crippen LogP contribution in [0.25, 0.3) is 0 Å². The molecule has 1 rings (SSSR count). The molecule has 0 aliphatic rings. The summed E-state index contributed by atoms with van der Waals surface area (Å²) in [5, 5.41) is 8.53. The number of ketones is 1. The van der Waals surface area contributed by atoms with Gasteiger partial charge in [0.2, 0.25) is 5.78 Å². The summed E-state index contributed by atoms with van der Waals surface area (Å²) < 4.78 is 5.13. The van der Waals surface area contributed by atoms with Gasteiger partial charge in [-0.25, -0.2) is 4.79 Å². The molecule has 0 bridgehead atoms. The zero-order valence-corrected chi connectivity index (χ0v) is 8.85. The third-order valence-electron chi connectivity index (χ3n) is 2.15. The van der Waals surface area contributed by atoms with Crippen molar-refractivity contribution in [1.82, 2.24) is 0 Å². The van der Waals surface area contributed by atoms with Crippen LogP contribution in [0.15, 0.2) is 16.7 Å². The molecule has 0 saturated carbocycles. The van der Waals surface area contributed by atoms with E-state index in [-0.39, 0.29) is 0 Å². The minimum absolute atomic E-state index is 0.367. The Labute approximate surface area is 87.3 Å². The standard InChI is InChI=1S/C10H13NO4/c1-6(9(12)10(13)14)8-4-7(5-15-8)11(2)3/h4-6H,1-3H3,(H,13,14). The molecular weight excluding hydrogens is 198 g/mol. The first-order valence-corrected chi connectivity index (χ1v) is 4.46. The fourth-order valence-electron chi connectivity index (χ4n) is 1.12. The summed E-state index contributed by atoms with van der Waals surface area (Å²) in [6.07, 6.45) is 1.49. The van der Waals surface area contributed by atoms with E-state index in [1.165, 1.54) is 13.2 Å². The van der Waals surface area contributed by atoms with Crippen LogP contribution >= 0.6 is 0 Å². The normalized spacial score (nSPS) is 12.2. The molecule has 1 unspecified atom stereocenters. The Morgan fingerprint density at radius 3 is 2.47 bits per heavy atom. The number of hydrogen-bond acceptors (Lipinski definition) is 4. The number of furan rings is 1. The van der Waals surface area contributed by atoms with Gasteiger partial charge in [-0.15, -0.1) is 0 Å². The molecule has 1 atom stereocenters. The zero-order chi connectivity index (χ0) is 11.6. The predicted molar refractivity (Wildman–Crippen MR) is 54.1 cm³/mol. The first-order valence-electron chi connectivity index (χ1n) is 4.46. The zero-order valence-electron chi connectivity index (χ0n) is 8.85. The van der Waals surface area contributed by atoms with Gasteiger partial charge in [0.25, 0.3) is 0 Å². The lowest BCUT2D eigenvalue weighted by atomic mass is 10.0. The molecule has 1 aromatic rings. The van der Waals surface area contributed by atoms with Gasteiger partial charge in [-0.3, -0.25) is 4.79 Å². The van der Waals surface area contributed by atoms with Crippen molar-refractivity contribution in [2.24, 2.45) is 0 Å². The van der Waals surface area contributed by atoms with E-state index in [4.69, 9.17) is 9.52 Å². The summed E-state index contributed by atoms with van der Waals surface area (Å²) in [6.45, 7) is 1.51. The maximum atomic E-state index is 11.1. The van der Waals surface area contributed by atoms with Crippen molar-refractivity contribution in [3.8, 4) is 0 Å². The molecule has 0 aromatic carbocycles. The summed E-state index contributed by atoms with van der Waals surface area (Å²) in [5.74, 6) is -2.69. The number of aliphatic carboxylic acids is 1. The van der Waals surface area contributed by atoms with Gasteiger partial charge in [0.1, 0.15) is 12.0 Å². The number of Topliss-reactive ketones (excluding diaryl/α,β-unsaturated/α-hetero) is 1. The Hall–Kier alpha value is -1.78. The molecule has 0 amide bonds. The topological polar surface area (TPSA) is 70.8 Å². The number of hydrogen-bond donors (Lipinski definition) is 1. The van der Waals surface area contributed by atoms with E-state index in [1.807, 2.05) is 19.0 Å². The molecule has 1 heterocycles. The number of carbonyl (C=O) groups is 2. The van der Waals surface area contributed by atoms with Crippen molar-refractivity contribution < 1.29 is 19.1 Å². The molecule has 0 spiro atoms. The summed E-state index contributed by atoms with van der Waals surface area (Å²) in [5.41, 5.74) is 0.801. The van der Waals surface area contributed by atoms with E-state index in [0.717, 1.165) is 5.69 Å². The second-order valence-corrected chi connectivity index (χ2v) is 3.49. The van der Waals surface area contributed by atoms with Crippen molar-refractivity contribution in [3.05, 3.63) is 18.1 Å². The third kappa shape index (κ3) is 2.37. The third-order valence-corrected chi connectivity index (χ3v) is 2.15. The predicted octanol–water partition coefficient (Wildman–Crippen LogP) is 1.10. The maximum Gasteiger partial charge on any atom is 0.372 e. The van der Waals surface area contributed by atoms with Gasteiger partial charge in [-0.2, -0.15) is 0 Å². The van der Waals surface area contributed by atoms with Crippen LogP contribution in [0.1, 0.15) is 18.6 Å². The summed E-state index contributed by atoms with van der Waals surface area (Å²) in [7, 11) is 3.66. The Balaban J connectivity index is 2.87. The minimum atomic E-state index is -1.44. The molecule has 0 saturated heterocycles. The Morgan fingerprint density at radius 1 is 1.47 bits per heavy atom. The average Bonchev–Trinajstić information content (AvgIpc) is 2.64. The van der Waals surface area contributed by atoms with Gasteiger partial charge >= 0.3 is 5.97 Å². The van der Waals surface area contributed by atoms with Gasteiger partial charge in [0.05, 0.1) is 11.6 Å². The fourth-order valence-corrected chi connectivity index (χ4v) is 1.12. The number of carboxylic acid groups (broad SMARTS) is 1. The largest absolute Gasteiger partial charge is 0.475 e. The lowest BCUT2D eigenvalue weighted by molar-refractivity contribution is -0.149. The lowest BCUT2D eigenvalue weighted by Crippen LogP contribution is -2.19. The quantitative estimate of drug-likeness (QED) is 0.755. The molecule has 82 valence electrons. The van der Waals surface area contributed by atoms with E-state index in [1.54, 1.807) is 6.07 Å². The highest BCUT2D eigenvalue weighted by molar-refractivity contribution is 6.34. The van der Waals surface area contributed by atoms with Crippen LogP contribution in [0.3, 0.4) is 0 Å². The van der Waals surface area contributed by atoms with Crippen LogP contribution < -0.4 is 4.90 Å². The monoisotopic (exact) mass is 211 g/mol. The Kier molecular flexibility index (Phi) is 3.14. The van der Waals surface area contributed by atoms with Gasteiger partial charge in [-0.05, 0) is 6.92 Å². The van der Waals surface area contributed by atoms with Crippen LogP contribution in [0.4, 0.5) is 5.69 Å². The molecule has 0 aliphatic carbocycles. The molecule has 5 nitrogen and oxygen atoms in total. The highest BCUT2D eigenvalue weighted by Gasteiger charge is 2.24. The molecule has 1 aromatic heterocycles. The number of carbonyl (C=O) groups excluding carboxylic acids is 1. The van der Waals surface area contributed by atoms with Crippen molar-refractivity contribution in [2.45, 2.75) is 12.8 Å². The lowest BCUT2D eigenvalue weighted by Gasteiger charge is -2.06. The summed E-state index contributed by atoms with van der Waals surface area (Å²) >= 11 is 0. The fraction of sp³-hybridized carbons (Fsp3) is 0.400. The number of anilines is 1. The van der Waals surface area contributed by atoms with E-state index in [9.17, 15) is 9.59 Å². The molecule has 1 N–H and O–H groups in total. The molecular formula is C10H13NO4. The van der Waals surface area contributed by atoms with Crippen molar-refractivity contribution in [2.75, 3.05) is 19.0 Å². The van der Waals surface area contributed by atoms with E-state index < -0.39 is 17.7 Å². The van der Waals surface area contributed by atoms with Crippen molar-refractivity contribution >= 4 is 17.4 Å². The van der Waals surface area contributed by atoms with Crippen LogP contribution in [0, 0.1) is 0 Å². The molecule has 15 heavy (non-hydrogen) atoms. The van der Waals surface area contributed by atoms with Crippen LogP contribution in [0.5, 0.6) is 0 Å². The average molecular weight is 211 g/mol. The number of rotatable bonds is 4.